The molecule has 2 unspecified atom stereocenters. The van der Waals surface area contributed by atoms with Crippen molar-refractivity contribution in [3.8, 4) is 11.1 Å². The minimum absolute atomic E-state index is 0.0667. The topological polar surface area (TPSA) is 46.6 Å². The number of ether oxygens (including phenoxy) is 1. The number of fused-ring (bicyclic) bond motifs is 5. The normalized spacial score (nSPS) is 22.3. The van der Waals surface area contributed by atoms with Gasteiger partial charge in [0.1, 0.15) is 12.4 Å². The lowest BCUT2D eigenvalue weighted by Crippen LogP contribution is -2.56. The van der Waals surface area contributed by atoms with Crippen molar-refractivity contribution < 1.29 is 31.9 Å². The number of nitrogens with zero attached hydrogens (tertiary/aromatic N) is 1. The Hall–Kier alpha value is -3.68. The van der Waals surface area contributed by atoms with Gasteiger partial charge in [0.25, 0.3) is 0 Å². The zero-order chi connectivity index (χ0) is 27.3. The zero-order valence-corrected chi connectivity index (χ0v) is 21.1. The van der Waals surface area contributed by atoms with E-state index < -0.39 is 35.4 Å². The lowest BCUT2D eigenvalue weighted by atomic mass is 9.75. The molecule has 0 saturated carbocycles. The van der Waals surface area contributed by atoms with Gasteiger partial charge in [0.15, 0.2) is 5.78 Å². The average molecular weight is 538 g/mol. The van der Waals surface area contributed by atoms with Crippen molar-refractivity contribution in [2.75, 3.05) is 6.61 Å². The number of rotatable bonds is 4. The van der Waals surface area contributed by atoms with Gasteiger partial charge in [0, 0.05) is 23.9 Å². The first kappa shape index (κ1) is 25.6. The van der Waals surface area contributed by atoms with Gasteiger partial charge in [-0.3, -0.25) is 4.79 Å². The van der Waals surface area contributed by atoms with Crippen LogP contribution in [0.3, 0.4) is 0 Å². The van der Waals surface area contributed by atoms with Gasteiger partial charge in [-0.15, -0.1) is 0 Å². The summed E-state index contributed by atoms with van der Waals surface area (Å²) in [6.07, 6.45) is -2.15. The van der Waals surface area contributed by atoms with Crippen LogP contribution in [0, 0.1) is 11.7 Å². The van der Waals surface area contributed by atoms with E-state index in [0.29, 0.717) is 31.7 Å². The number of carbonyl (C=O) groups excluding carboxylic acids is 2. The van der Waals surface area contributed by atoms with Gasteiger partial charge in [-0.2, -0.15) is 13.2 Å². The van der Waals surface area contributed by atoms with Crippen LogP contribution in [-0.4, -0.2) is 35.5 Å². The highest BCUT2D eigenvalue weighted by molar-refractivity contribution is 5.98. The molecule has 0 aromatic heterocycles. The number of Topliss-reactive ketones (excluding diaryl/α,β-unsaturated/α-hetero) is 1. The van der Waals surface area contributed by atoms with Gasteiger partial charge < -0.3 is 9.64 Å². The molecular weight excluding hydrogens is 510 g/mol. The predicted molar refractivity (Wildman–Crippen MR) is 137 cm³/mol. The minimum atomic E-state index is -4.69. The van der Waals surface area contributed by atoms with Crippen LogP contribution in [0.15, 0.2) is 66.7 Å². The van der Waals surface area contributed by atoms with E-state index in [2.05, 4.69) is 24.3 Å². The van der Waals surface area contributed by atoms with Crippen LogP contribution in [0.1, 0.15) is 65.1 Å². The molecule has 0 radical (unpaired) electrons. The maximum Gasteiger partial charge on any atom is 0.416 e. The number of piperidine rings is 2. The third-order valence-corrected chi connectivity index (χ3v) is 8.45. The molecule has 39 heavy (non-hydrogen) atoms. The molecule has 3 aliphatic rings. The van der Waals surface area contributed by atoms with Crippen molar-refractivity contribution in [1.29, 1.82) is 0 Å². The van der Waals surface area contributed by atoms with E-state index in [1.165, 1.54) is 0 Å². The third-order valence-electron chi connectivity index (χ3n) is 8.45. The molecule has 2 aliphatic heterocycles. The van der Waals surface area contributed by atoms with E-state index in [1.54, 1.807) is 4.90 Å². The Labute approximate surface area is 223 Å². The smallest absolute Gasteiger partial charge is 0.416 e. The molecule has 2 bridgehead atoms. The van der Waals surface area contributed by atoms with E-state index in [0.717, 1.165) is 40.8 Å². The van der Waals surface area contributed by atoms with Gasteiger partial charge in [0.2, 0.25) is 0 Å². The molecule has 2 atom stereocenters. The summed E-state index contributed by atoms with van der Waals surface area (Å²) >= 11 is 0. The molecule has 3 aromatic rings. The number of amides is 1. The van der Waals surface area contributed by atoms with Crippen LogP contribution < -0.4 is 0 Å². The molecule has 6 rings (SSSR count). The van der Waals surface area contributed by atoms with Gasteiger partial charge in [0.05, 0.1) is 11.1 Å². The highest BCUT2D eigenvalue weighted by Crippen LogP contribution is 2.45. The van der Waals surface area contributed by atoms with E-state index in [4.69, 9.17) is 4.74 Å². The second-order valence-electron chi connectivity index (χ2n) is 10.7. The monoisotopic (exact) mass is 537 g/mol. The fourth-order valence-corrected chi connectivity index (χ4v) is 6.67. The fourth-order valence-electron chi connectivity index (χ4n) is 6.67. The number of hydrogen-bond acceptors (Lipinski definition) is 3. The molecule has 2 heterocycles. The lowest BCUT2D eigenvalue weighted by Gasteiger charge is -2.47. The van der Waals surface area contributed by atoms with Crippen molar-refractivity contribution in [3.05, 3.63) is 94.8 Å². The summed E-state index contributed by atoms with van der Waals surface area (Å²) in [4.78, 5) is 28.3. The average Bonchev–Trinajstić information content (AvgIpc) is 3.23. The van der Waals surface area contributed by atoms with E-state index in [9.17, 15) is 27.2 Å². The maximum atomic E-state index is 14.5. The molecule has 2 fully saturated rings. The zero-order valence-electron chi connectivity index (χ0n) is 21.1. The van der Waals surface area contributed by atoms with Crippen LogP contribution in [0.5, 0.6) is 0 Å². The van der Waals surface area contributed by atoms with Gasteiger partial charge in [-0.05, 0) is 72.6 Å². The molecular formula is C31H27F4NO3. The van der Waals surface area contributed by atoms with Crippen LogP contribution in [-0.2, 0) is 10.9 Å². The second-order valence-corrected chi connectivity index (χ2v) is 10.7. The quantitative estimate of drug-likeness (QED) is 0.254. The fraction of sp³-hybridized carbons (Fsp3) is 0.355. The first-order valence-electron chi connectivity index (χ1n) is 13.3. The molecule has 2 saturated heterocycles. The van der Waals surface area contributed by atoms with Crippen molar-refractivity contribution in [3.63, 3.8) is 0 Å². The minimum Gasteiger partial charge on any atom is -0.448 e. The highest BCUT2D eigenvalue weighted by Gasteiger charge is 2.44. The predicted octanol–water partition coefficient (Wildman–Crippen LogP) is 7.61. The van der Waals surface area contributed by atoms with Crippen molar-refractivity contribution >= 4 is 11.9 Å². The summed E-state index contributed by atoms with van der Waals surface area (Å²) in [5, 5.41) is 0. The molecule has 1 aliphatic carbocycles. The molecule has 3 aromatic carbocycles. The number of carbonyl (C=O) groups is 2. The highest BCUT2D eigenvalue weighted by atomic mass is 19.4. The Morgan fingerprint density at radius 1 is 0.872 bits per heavy atom. The SMILES string of the molecule is O=C(c1ccc(C(F)(F)F)cc1F)C1CC2CCCC(C1)N2C(=O)OCC1c2ccccc2-c2ccccc21. The number of hydrogen-bond donors (Lipinski definition) is 0. The molecule has 0 N–H and O–H groups in total. The maximum absolute atomic E-state index is 14.5. The van der Waals surface area contributed by atoms with Crippen molar-refractivity contribution in [2.24, 2.45) is 5.92 Å². The number of benzene rings is 3. The Balaban J connectivity index is 1.16. The number of halogens is 4. The summed E-state index contributed by atoms with van der Waals surface area (Å²) in [5.74, 6) is -2.31. The van der Waals surface area contributed by atoms with E-state index >= 15 is 0 Å². The largest absolute Gasteiger partial charge is 0.448 e. The molecule has 0 spiro atoms. The van der Waals surface area contributed by atoms with E-state index in [1.807, 2.05) is 24.3 Å². The number of alkyl halides is 3. The Bertz CT molecular complexity index is 1380. The van der Waals surface area contributed by atoms with Gasteiger partial charge in [-0.25, -0.2) is 9.18 Å². The first-order chi connectivity index (χ1) is 18.7. The Morgan fingerprint density at radius 2 is 1.46 bits per heavy atom. The van der Waals surface area contributed by atoms with Crippen LogP contribution in [0.25, 0.3) is 11.1 Å². The van der Waals surface area contributed by atoms with Gasteiger partial charge >= 0.3 is 12.3 Å². The van der Waals surface area contributed by atoms with Crippen molar-refractivity contribution in [1.82, 2.24) is 4.90 Å². The summed E-state index contributed by atoms with van der Waals surface area (Å²) in [7, 11) is 0. The van der Waals surface area contributed by atoms with Crippen molar-refractivity contribution in [2.45, 2.75) is 56.3 Å². The Morgan fingerprint density at radius 3 is 2.03 bits per heavy atom. The number of ketones is 1. The summed E-state index contributed by atoms with van der Waals surface area (Å²) in [5.41, 5.74) is 3.06. The summed E-state index contributed by atoms with van der Waals surface area (Å²) in [6.45, 7) is 0.196. The molecule has 202 valence electrons. The first-order valence-corrected chi connectivity index (χ1v) is 13.3. The van der Waals surface area contributed by atoms with Crippen LogP contribution in [0.4, 0.5) is 22.4 Å². The standard InChI is InChI=1S/C31H27F4NO3/c32-28-16-19(31(33,34)35)12-13-26(28)29(37)18-14-20-6-5-7-21(15-18)36(20)30(38)39-17-27-24-10-3-1-8-22(24)23-9-2-4-11-25(23)27/h1-4,8-13,16,18,20-21,27H,5-7,14-15,17H2. The summed E-state index contributed by atoms with van der Waals surface area (Å²) in [6, 6.07) is 17.8. The van der Waals surface area contributed by atoms with Gasteiger partial charge in [-0.1, -0.05) is 48.5 Å². The molecule has 4 nitrogen and oxygen atoms in total. The van der Waals surface area contributed by atoms with E-state index in [-0.39, 0.29) is 30.2 Å². The van der Waals surface area contributed by atoms with Crippen LogP contribution in [0.2, 0.25) is 0 Å². The van der Waals surface area contributed by atoms with Crippen LogP contribution >= 0.6 is 0 Å². The lowest BCUT2D eigenvalue weighted by molar-refractivity contribution is -0.137. The second kappa shape index (κ2) is 9.81. The third kappa shape index (κ3) is 4.60. The molecule has 8 heteroatoms. The molecule has 1 amide bonds. The summed E-state index contributed by atoms with van der Waals surface area (Å²) < 4.78 is 59.2. The Kier molecular flexibility index (Phi) is 6.44.